The topological polar surface area (TPSA) is 78.5 Å². The molecule has 0 bridgehead atoms. The van der Waals surface area contributed by atoms with Gasteiger partial charge in [-0.3, -0.25) is 4.79 Å². The molecule has 2 N–H and O–H groups in total. The summed E-state index contributed by atoms with van der Waals surface area (Å²) in [5, 5.41) is 3.36. The first-order chi connectivity index (χ1) is 12.0. The number of nitrogens with one attached hydrogen (secondary N) is 2. The first-order valence-electron chi connectivity index (χ1n) is 9.12. The van der Waals surface area contributed by atoms with E-state index in [9.17, 15) is 13.2 Å². The molecule has 8 heteroatoms. The average molecular weight is 402 g/mol. The maximum Gasteiger partial charge on any atom is 0.253 e. The van der Waals surface area contributed by atoms with E-state index < -0.39 is 10.0 Å². The van der Waals surface area contributed by atoms with E-state index in [0.29, 0.717) is 11.5 Å². The lowest BCUT2D eigenvalue weighted by Gasteiger charge is -2.32. The molecule has 26 heavy (non-hydrogen) atoms. The van der Waals surface area contributed by atoms with Gasteiger partial charge in [0.15, 0.2) is 0 Å². The summed E-state index contributed by atoms with van der Waals surface area (Å²) in [4.78, 5) is 14.7. The number of sulfonamides is 1. The van der Waals surface area contributed by atoms with Gasteiger partial charge in [-0.1, -0.05) is 13.0 Å². The lowest BCUT2D eigenvalue weighted by Crippen LogP contribution is -2.40. The van der Waals surface area contributed by atoms with Crippen molar-refractivity contribution in [1.82, 2.24) is 14.9 Å². The van der Waals surface area contributed by atoms with Crippen LogP contribution in [0.15, 0.2) is 29.2 Å². The summed E-state index contributed by atoms with van der Waals surface area (Å²) in [7, 11) is -3.53. The van der Waals surface area contributed by atoms with Crippen molar-refractivity contribution in [2.45, 2.75) is 43.5 Å². The van der Waals surface area contributed by atoms with E-state index >= 15 is 0 Å². The Labute approximate surface area is 162 Å². The minimum atomic E-state index is -3.53. The number of benzene rings is 1. The smallest absolute Gasteiger partial charge is 0.253 e. The molecule has 3 rings (SSSR count). The van der Waals surface area contributed by atoms with Crippen molar-refractivity contribution in [2.24, 2.45) is 5.92 Å². The number of nitrogens with zero attached hydrogens (tertiary/aromatic N) is 1. The molecule has 1 amide bonds. The molecule has 1 aromatic rings. The Morgan fingerprint density at radius 3 is 2.50 bits per heavy atom. The van der Waals surface area contributed by atoms with Gasteiger partial charge in [-0.15, -0.1) is 12.4 Å². The van der Waals surface area contributed by atoms with E-state index in [1.54, 1.807) is 18.2 Å². The van der Waals surface area contributed by atoms with Crippen molar-refractivity contribution >= 4 is 28.3 Å². The predicted octanol–water partition coefficient (Wildman–Crippen LogP) is 2.01. The largest absolute Gasteiger partial charge is 0.339 e. The number of piperidine rings is 1. The van der Waals surface area contributed by atoms with E-state index in [-0.39, 0.29) is 29.3 Å². The molecule has 0 aromatic heterocycles. The van der Waals surface area contributed by atoms with Crippen molar-refractivity contribution < 1.29 is 13.2 Å². The fraction of sp³-hybridized carbons (Fsp3) is 0.611. The zero-order chi connectivity index (χ0) is 17.9. The Bertz CT molecular complexity index is 714. The Morgan fingerprint density at radius 1 is 1.19 bits per heavy atom. The van der Waals surface area contributed by atoms with Crippen molar-refractivity contribution in [3.63, 3.8) is 0 Å². The lowest BCUT2D eigenvalue weighted by atomic mass is 9.96. The molecule has 146 valence electrons. The van der Waals surface area contributed by atoms with Gasteiger partial charge in [0.05, 0.1) is 4.90 Å². The Balaban J connectivity index is 0.00000243. The molecule has 1 saturated carbocycles. The van der Waals surface area contributed by atoms with Crippen LogP contribution in [0, 0.1) is 5.92 Å². The van der Waals surface area contributed by atoms with Gasteiger partial charge >= 0.3 is 0 Å². The quantitative estimate of drug-likeness (QED) is 0.732. The van der Waals surface area contributed by atoms with Crippen LogP contribution in [0.5, 0.6) is 0 Å². The highest BCUT2D eigenvalue weighted by Crippen LogP contribution is 2.23. The van der Waals surface area contributed by atoms with Gasteiger partial charge in [-0.05, 0) is 62.9 Å². The Hall–Kier alpha value is -1.15. The molecule has 0 radical (unpaired) electrons. The van der Waals surface area contributed by atoms with Crippen LogP contribution in [0.25, 0.3) is 0 Å². The second-order valence-electron chi connectivity index (χ2n) is 6.97. The molecule has 1 aliphatic carbocycles. The van der Waals surface area contributed by atoms with Crippen molar-refractivity contribution in [3.8, 4) is 0 Å². The molecule has 1 aromatic carbocycles. The summed E-state index contributed by atoms with van der Waals surface area (Å²) in [6.45, 7) is 5.52. The van der Waals surface area contributed by atoms with Crippen LogP contribution in [0.1, 0.15) is 43.0 Å². The Morgan fingerprint density at radius 2 is 1.88 bits per heavy atom. The number of amides is 1. The van der Waals surface area contributed by atoms with Gasteiger partial charge in [-0.2, -0.15) is 0 Å². The molecular weight excluding hydrogens is 374 g/mol. The van der Waals surface area contributed by atoms with Crippen LogP contribution in [-0.2, 0) is 10.0 Å². The molecule has 6 nitrogen and oxygen atoms in total. The third kappa shape index (κ3) is 5.42. The average Bonchev–Trinajstić information content (AvgIpc) is 3.43. The second-order valence-corrected chi connectivity index (χ2v) is 8.68. The normalized spacial score (nSPS) is 18.4. The number of carbonyl (C=O) groups is 1. The molecule has 1 saturated heterocycles. The van der Waals surface area contributed by atoms with Gasteiger partial charge in [0.25, 0.3) is 5.91 Å². The number of likely N-dealkylation sites (tertiary alicyclic amines) is 1. The predicted molar refractivity (Wildman–Crippen MR) is 104 cm³/mol. The lowest BCUT2D eigenvalue weighted by molar-refractivity contribution is 0.0690. The van der Waals surface area contributed by atoms with Crippen molar-refractivity contribution in [3.05, 3.63) is 29.8 Å². The molecule has 0 spiro atoms. The number of hydrogen-bond acceptors (Lipinski definition) is 4. The van der Waals surface area contributed by atoms with E-state index in [1.807, 2.05) is 4.90 Å². The minimum Gasteiger partial charge on any atom is -0.339 e. The van der Waals surface area contributed by atoms with Gasteiger partial charge < -0.3 is 10.2 Å². The van der Waals surface area contributed by atoms with Crippen LogP contribution in [0.4, 0.5) is 0 Å². The minimum absolute atomic E-state index is 0. The third-order valence-corrected chi connectivity index (χ3v) is 6.39. The van der Waals surface area contributed by atoms with E-state index in [0.717, 1.165) is 51.9 Å². The van der Waals surface area contributed by atoms with Gasteiger partial charge in [0.2, 0.25) is 10.0 Å². The first-order valence-corrected chi connectivity index (χ1v) is 10.6. The summed E-state index contributed by atoms with van der Waals surface area (Å²) in [6.07, 6.45) is 3.75. The number of rotatable bonds is 7. The number of carbonyl (C=O) groups excluding carboxylic acids is 1. The van der Waals surface area contributed by atoms with Crippen LogP contribution in [-0.4, -0.2) is 51.4 Å². The van der Waals surface area contributed by atoms with E-state index in [2.05, 4.69) is 17.0 Å². The molecule has 0 atom stereocenters. The summed E-state index contributed by atoms with van der Waals surface area (Å²) < 4.78 is 27.3. The maximum absolute atomic E-state index is 12.7. The zero-order valence-corrected chi connectivity index (χ0v) is 16.7. The molecule has 2 aliphatic rings. The second kappa shape index (κ2) is 9.17. The monoisotopic (exact) mass is 401 g/mol. The van der Waals surface area contributed by atoms with Crippen molar-refractivity contribution in [2.75, 3.05) is 26.2 Å². The standard InChI is InChI=1S/C18H27N3O3S.ClH/c1-2-19-13-14-8-10-21(11-9-14)18(22)15-4-3-5-17(12-15)25(23,24)20-16-6-7-16;/h3-5,12,14,16,19-20H,2,6-11,13H2,1H3;1H. The highest BCUT2D eigenvalue weighted by molar-refractivity contribution is 7.89. The first kappa shape index (κ1) is 21.2. The zero-order valence-electron chi connectivity index (χ0n) is 15.1. The number of hydrogen-bond donors (Lipinski definition) is 2. The number of halogens is 1. The van der Waals surface area contributed by atoms with Crippen molar-refractivity contribution in [1.29, 1.82) is 0 Å². The third-order valence-electron chi connectivity index (χ3n) is 4.88. The molecule has 0 unspecified atom stereocenters. The van der Waals surface area contributed by atoms with Crippen LogP contribution in [0.2, 0.25) is 0 Å². The SMILES string of the molecule is CCNCC1CCN(C(=O)c2cccc(S(=O)(=O)NC3CC3)c2)CC1.Cl. The molecule has 1 aliphatic heterocycles. The Kier molecular flexibility index (Phi) is 7.46. The summed E-state index contributed by atoms with van der Waals surface area (Å²) in [5.74, 6) is 0.531. The van der Waals surface area contributed by atoms with Crippen LogP contribution >= 0.6 is 12.4 Å². The maximum atomic E-state index is 12.7. The highest BCUT2D eigenvalue weighted by atomic mass is 35.5. The van der Waals surface area contributed by atoms with Crippen LogP contribution in [0.3, 0.4) is 0 Å². The summed E-state index contributed by atoms with van der Waals surface area (Å²) >= 11 is 0. The fourth-order valence-corrected chi connectivity index (χ4v) is 4.51. The van der Waals surface area contributed by atoms with E-state index in [4.69, 9.17) is 0 Å². The molecule has 2 fully saturated rings. The molecular formula is C18H28ClN3O3S. The van der Waals surface area contributed by atoms with E-state index in [1.165, 1.54) is 6.07 Å². The van der Waals surface area contributed by atoms with Gasteiger partial charge in [0.1, 0.15) is 0 Å². The van der Waals surface area contributed by atoms with Crippen LogP contribution < -0.4 is 10.0 Å². The summed E-state index contributed by atoms with van der Waals surface area (Å²) in [5.41, 5.74) is 0.448. The van der Waals surface area contributed by atoms with Gasteiger partial charge in [-0.25, -0.2) is 13.1 Å². The highest BCUT2D eigenvalue weighted by Gasteiger charge is 2.29. The molecule has 1 heterocycles. The summed E-state index contributed by atoms with van der Waals surface area (Å²) in [6, 6.07) is 6.44. The fourth-order valence-electron chi connectivity index (χ4n) is 3.16. The van der Waals surface area contributed by atoms with Gasteiger partial charge in [0, 0.05) is 24.7 Å².